The average Bonchev–Trinajstić information content (AvgIpc) is 3.31. The largest absolute Gasteiger partial charge is 0.375 e. The molecule has 0 aromatic carbocycles. The van der Waals surface area contributed by atoms with Crippen molar-refractivity contribution >= 4 is 17.2 Å². The zero-order valence-corrected chi connectivity index (χ0v) is 15.8. The highest BCUT2D eigenvalue weighted by molar-refractivity contribution is 7.09. The number of amides is 1. The third-order valence-corrected chi connectivity index (χ3v) is 6.91. The number of likely N-dealkylation sites (tertiary alicyclic amines) is 2. The summed E-state index contributed by atoms with van der Waals surface area (Å²) in [7, 11) is 0. The Bertz CT molecular complexity index is 563. The number of carbonyl (C=O) groups excluding carboxylic acids is 1. The summed E-state index contributed by atoms with van der Waals surface area (Å²) < 4.78 is 6.27. The molecule has 5 nitrogen and oxygen atoms in total. The van der Waals surface area contributed by atoms with Crippen LogP contribution in [0, 0.1) is 5.92 Å². The minimum atomic E-state index is 0.0262. The average molecular weight is 364 g/mol. The molecule has 4 heterocycles. The summed E-state index contributed by atoms with van der Waals surface area (Å²) in [4.78, 5) is 22.6. The van der Waals surface area contributed by atoms with Gasteiger partial charge in [0.1, 0.15) is 0 Å². The fourth-order valence-corrected chi connectivity index (χ4v) is 5.29. The second kappa shape index (κ2) is 7.72. The lowest BCUT2D eigenvalue weighted by Gasteiger charge is -2.46. The quantitative estimate of drug-likeness (QED) is 0.825. The van der Waals surface area contributed by atoms with Gasteiger partial charge in [0.25, 0.3) is 0 Å². The Kier molecular flexibility index (Phi) is 5.39. The Balaban J connectivity index is 1.28. The summed E-state index contributed by atoms with van der Waals surface area (Å²) in [6, 6.07) is 0. The molecule has 0 radical (unpaired) electrons. The molecule has 1 unspecified atom stereocenters. The maximum absolute atomic E-state index is 12.5. The highest BCUT2D eigenvalue weighted by atomic mass is 32.1. The first-order valence-corrected chi connectivity index (χ1v) is 10.6. The van der Waals surface area contributed by atoms with Crippen LogP contribution in [0.5, 0.6) is 0 Å². The first kappa shape index (κ1) is 17.4. The number of piperidine rings is 1. The number of carbonyl (C=O) groups is 1. The molecule has 3 fully saturated rings. The minimum absolute atomic E-state index is 0.0262. The molecule has 3 aliphatic rings. The van der Waals surface area contributed by atoms with Gasteiger partial charge in [-0.25, -0.2) is 0 Å². The molecule has 1 atom stereocenters. The summed E-state index contributed by atoms with van der Waals surface area (Å²) in [5.41, 5.74) is 1.94. The van der Waals surface area contributed by atoms with Gasteiger partial charge in [-0.1, -0.05) is 0 Å². The molecule has 1 aromatic rings. The van der Waals surface area contributed by atoms with Crippen LogP contribution in [-0.4, -0.2) is 59.1 Å². The second-order valence-corrected chi connectivity index (χ2v) is 8.90. The Morgan fingerprint density at radius 1 is 1.28 bits per heavy atom. The summed E-state index contributed by atoms with van der Waals surface area (Å²) in [6.45, 7) is 5.96. The molecule has 0 bridgehead atoms. The lowest BCUT2D eigenvalue weighted by Crippen LogP contribution is -2.49. The van der Waals surface area contributed by atoms with Crippen molar-refractivity contribution in [2.24, 2.45) is 5.92 Å². The van der Waals surface area contributed by atoms with Gasteiger partial charge in [-0.3, -0.25) is 14.7 Å². The topological polar surface area (TPSA) is 45.7 Å². The molecule has 138 valence electrons. The fourth-order valence-electron chi connectivity index (χ4n) is 4.65. The molecule has 4 rings (SSSR count). The number of rotatable bonds is 4. The number of ether oxygens (including phenoxy) is 1. The summed E-state index contributed by atoms with van der Waals surface area (Å²) >= 11 is 1.74. The van der Waals surface area contributed by atoms with Gasteiger partial charge in [0.05, 0.1) is 11.1 Å². The van der Waals surface area contributed by atoms with Crippen LogP contribution in [0.15, 0.2) is 11.7 Å². The van der Waals surface area contributed by atoms with Gasteiger partial charge in [-0.2, -0.15) is 0 Å². The summed E-state index contributed by atoms with van der Waals surface area (Å²) in [5.74, 6) is 0.886. The van der Waals surface area contributed by atoms with Gasteiger partial charge in [0, 0.05) is 56.8 Å². The maximum Gasteiger partial charge on any atom is 0.222 e. The first-order chi connectivity index (χ1) is 12.2. The van der Waals surface area contributed by atoms with Crippen molar-refractivity contribution in [2.75, 3.05) is 32.8 Å². The van der Waals surface area contributed by atoms with Crippen molar-refractivity contribution in [1.82, 2.24) is 14.8 Å². The Morgan fingerprint density at radius 3 is 2.80 bits per heavy atom. The minimum Gasteiger partial charge on any atom is -0.375 e. The molecule has 3 aliphatic heterocycles. The van der Waals surface area contributed by atoms with E-state index < -0.39 is 0 Å². The van der Waals surface area contributed by atoms with Crippen molar-refractivity contribution in [2.45, 2.75) is 57.1 Å². The lowest BCUT2D eigenvalue weighted by atomic mass is 9.78. The van der Waals surface area contributed by atoms with E-state index in [9.17, 15) is 4.79 Å². The molecule has 1 amide bonds. The number of hydrogen-bond acceptors (Lipinski definition) is 5. The second-order valence-electron chi connectivity index (χ2n) is 7.93. The molecule has 1 spiro atoms. The lowest BCUT2D eigenvalue weighted by molar-refractivity contribution is -0.141. The van der Waals surface area contributed by atoms with Crippen molar-refractivity contribution in [1.29, 1.82) is 0 Å². The van der Waals surface area contributed by atoms with E-state index in [2.05, 4.69) is 14.8 Å². The molecule has 0 aliphatic carbocycles. The van der Waals surface area contributed by atoms with Gasteiger partial charge in [-0.15, -0.1) is 11.3 Å². The molecule has 1 aromatic heterocycles. The molecule has 3 saturated heterocycles. The smallest absolute Gasteiger partial charge is 0.222 e. The van der Waals surface area contributed by atoms with Crippen molar-refractivity contribution in [3.05, 3.63) is 16.6 Å². The van der Waals surface area contributed by atoms with Gasteiger partial charge >= 0.3 is 0 Å². The zero-order chi connectivity index (χ0) is 17.1. The number of hydrogen-bond donors (Lipinski definition) is 0. The first-order valence-electron chi connectivity index (χ1n) is 9.74. The number of nitrogens with zero attached hydrogens (tertiary/aromatic N) is 3. The van der Waals surface area contributed by atoms with Crippen molar-refractivity contribution < 1.29 is 9.53 Å². The van der Waals surface area contributed by atoms with E-state index in [1.165, 1.54) is 17.7 Å². The van der Waals surface area contributed by atoms with Crippen LogP contribution in [0.25, 0.3) is 0 Å². The van der Waals surface area contributed by atoms with E-state index >= 15 is 0 Å². The van der Waals surface area contributed by atoms with Crippen LogP contribution >= 0.6 is 11.3 Å². The Morgan fingerprint density at radius 2 is 2.08 bits per heavy atom. The zero-order valence-electron chi connectivity index (χ0n) is 15.0. The SMILES string of the molecule is O=C(CC1CCOC2(CCN(Cc3cncs3)CC2)C1)N1CCCC1. The van der Waals surface area contributed by atoms with Crippen molar-refractivity contribution in [3.63, 3.8) is 0 Å². The standard InChI is InChI=1S/C19H29N3O2S/c23-18(22-6-1-2-7-22)11-16-3-10-24-19(12-16)4-8-21(9-5-19)14-17-13-20-15-25-17/h13,15-16H,1-12,14H2. The maximum atomic E-state index is 12.5. The number of thiazole rings is 1. The van der Waals surface area contributed by atoms with E-state index in [1.807, 2.05) is 11.7 Å². The van der Waals surface area contributed by atoms with E-state index in [4.69, 9.17) is 4.74 Å². The molecular weight excluding hydrogens is 334 g/mol. The molecule has 25 heavy (non-hydrogen) atoms. The molecule has 0 N–H and O–H groups in total. The van der Waals surface area contributed by atoms with Crippen LogP contribution in [0.2, 0.25) is 0 Å². The van der Waals surface area contributed by atoms with E-state index in [0.29, 0.717) is 11.8 Å². The number of aromatic nitrogens is 1. The third-order valence-electron chi connectivity index (χ3n) is 6.15. The normalized spacial score (nSPS) is 27.0. The summed E-state index contributed by atoms with van der Waals surface area (Å²) in [6.07, 6.45) is 9.38. The molecule has 0 saturated carbocycles. The van der Waals surface area contributed by atoms with Gasteiger partial charge in [0.2, 0.25) is 5.91 Å². The van der Waals surface area contributed by atoms with Gasteiger partial charge in [0.15, 0.2) is 0 Å². The van der Waals surface area contributed by atoms with Crippen LogP contribution < -0.4 is 0 Å². The molecular formula is C19H29N3O2S. The third kappa shape index (κ3) is 4.23. The van der Waals surface area contributed by atoms with Crippen LogP contribution in [-0.2, 0) is 16.1 Å². The van der Waals surface area contributed by atoms with E-state index in [0.717, 1.165) is 71.4 Å². The fraction of sp³-hybridized carbons (Fsp3) is 0.789. The van der Waals surface area contributed by atoms with Crippen LogP contribution in [0.1, 0.15) is 49.8 Å². The van der Waals surface area contributed by atoms with E-state index in [1.54, 1.807) is 11.3 Å². The van der Waals surface area contributed by atoms with Crippen LogP contribution in [0.3, 0.4) is 0 Å². The van der Waals surface area contributed by atoms with Gasteiger partial charge in [-0.05, 0) is 44.4 Å². The Hall–Kier alpha value is -0.980. The van der Waals surface area contributed by atoms with Gasteiger partial charge < -0.3 is 9.64 Å². The highest BCUT2D eigenvalue weighted by Crippen LogP contribution is 2.39. The predicted octanol–water partition coefficient (Wildman–Crippen LogP) is 2.92. The molecule has 6 heteroatoms. The monoisotopic (exact) mass is 363 g/mol. The summed E-state index contributed by atoms with van der Waals surface area (Å²) in [5, 5.41) is 0. The van der Waals surface area contributed by atoms with E-state index in [-0.39, 0.29) is 5.60 Å². The highest BCUT2D eigenvalue weighted by Gasteiger charge is 2.41. The van der Waals surface area contributed by atoms with Crippen molar-refractivity contribution in [3.8, 4) is 0 Å². The Labute approximate surface area is 154 Å². The van der Waals surface area contributed by atoms with Crippen LogP contribution in [0.4, 0.5) is 0 Å². The predicted molar refractivity (Wildman–Crippen MR) is 98.5 cm³/mol.